The molecule has 2 saturated heterocycles. The maximum Gasteiger partial charge on any atom is 0.226 e. The fourth-order valence-electron chi connectivity index (χ4n) is 3.51. The standard InChI is InChI=1S/C19H27ClN4O2.HI/c1-3-21-19(24-16-11-13-7-8-17(16)26-13)22-10-9-18(25)23-15-6-4-5-14(20)12(15)2;/h4-6,13,16-17H,3,7-11H2,1-2H3,(H,23,25)(H2,21,22,24);1H. The van der Waals surface area contributed by atoms with E-state index >= 15 is 0 Å². The van der Waals surface area contributed by atoms with E-state index in [9.17, 15) is 4.79 Å². The first-order valence-electron chi connectivity index (χ1n) is 9.32. The van der Waals surface area contributed by atoms with Crippen LogP contribution in [0.25, 0.3) is 0 Å². The lowest BCUT2D eigenvalue weighted by molar-refractivity contribution is -0.116. The smallest absolute Gasteiger partial charge is 0.226 e. The Morgan fingerprint density at radius 1 is 1.37 bits per heavy atom. The quantitative estimate of drug-likeness (QED) is 0.314. The molecule has 0 saturated carbocycles. The molecule has 3 unspecified atom stereocenters. The van der Waals surface area contributed by atoms with Gasteiger partial charge in [0.15, 0.2) is 5.96 Å². The minimum Gasteiger partial charge on any atom is -0.373 e. The Morgan fingerprint density at radius 3 is 2.85 bits per heavy atom. The molecule has 2 aliphatic heterocycles. The third kappa shape index (κ3) is 5.96. The van der Waals surface area contributed by atoms with Crippen LogP contribution < -0.4 is 16.0 Å². The van der Waals surface area contributed by atoms with E-state index in [1.807, 2.05) is 32.0 Å². The number of amides is 1. The summed E-state index contributed by atoms with van der Waals surface area (Å²) in [4.78, 5) is 16.7. The van der Waals surface area contributed by atoms with Crippen molar-refractivity contribution in [3.63, 3.8) is 0 Å². The molecule has 1 aromatic carbocycles. The van der Waals surface area contributed by atoms with Gasteiger partial charge in [0, 0.05) is 23.7 Å². The Morgan fingerprint density at radius 2 is 2.19 bits per heavy atom. The van der Waals surface area contributed by atoms with Crippen LogP contribution in [0.5, 0.6) is 0 Å². The number of carbonyl (C=O) groups excluding carboxylic acids is 1. The molecule has 6 nitrogen and oxygen atoms in total. The molecule has 2 heterocycles. The number of hydrogen-bond donors (Lipinski definition) is 3. The topological polar surface area (TPSA) is 74.8 Å². The van der Waals surface area contributed by atoms with E-state index in [0.29, 0.717) is 30.1 Å². The minimum atomic E-state index is -0.0711. The molecule has 1 aromatic rings. The summed E-state index contributed by atoms with van der Waals surface area (Å²) < 4.78 is 5.87. The molecular weight excluding hydrogens is 479 g/mol. The van der Waals surface area contributed by atoms with Crippen LogP contribution in [0.1, 0.15) is 38.2 Å². The molecule has 0 spiro atoms. The predicted molar refractivity (Wildman–Crippen MR) is 120 cm³/mol. The van der Waals surface area contributed by atoms with Gasteiger partial charge in [-0.2, -0.15) is 0 Å². The summed E-state index contributed by atoms with van der Waals surface area (Å²) in [5.74, 6) is 0.679. The molecule has 0 aliphatic carbocycles. The van der Waals surface area contributed by atoms with Gasteiger partial charge in [0.25, 0.3) is 0 Å². The summed E-state index contributed by atoms with van der Waals surface area (Å²) in [7, 11) is 0. The second-order valence-corrected chi connectivity index (χ2v) is 7.24. The summed E-state index contributed by atoms with van der Waals surface area (Å²) in [6.07, 6.45) is 4.31. The number of rotatable bonds is 6. The highest BCUT2D eigenvalue weighted by Gasteiger charge is 2.41. The summed E-state index contributed by atoms with van der Waals surface area (Å²) >= 11 is 6.09. The van der Waals surface area contributed by atoms with Crippen LogP contribution in [0.3, 0.4) is 0 Å². The number of anilines is 1. The molecule has 8 heteroatoms. The van der Waals surface area contributed by atoms with E-state index in [2.05, 4.69) is 20.9 Å². The number of nitrogens with zero attached hydrogens (tertiary/aromatic N) is 1. The zero-order valence-corrected chi connectivity index (χ0v) is 18.8. The normalized spacial score (nSPS) is 23.7. The molecule has 0 radical (unpaired) electrons. The van der Waals surface area contributed by atoms with Gasteiger partial charge in [-0.05, 0) is 50.8 Å². The van der Waals surface area contributed by atoms with Crippen LogP contribution in [0, 0.1) is 6.92 Å². The zero-order chi connectivity index (χ0) is 18.5. The molecule has 150 valence electrons. The molecule has 0 aromatic heterocycles. The first-order chi connectivity index (χ1) is 12.6. The molecule has 2 aliphatic rings. The van der Waals surface area contributed by atoms with Gasteiger partial charge in [0.2, 0.25) is 5.91 Å². The van der Waals surface area contributed by atoms with Gasteiger partial charge in [-0.1, -0.05) is 17.7 Å². The molecular formula is C19H28ClIN4O2. The van der Waals surface area contributed by atoms with E-state index in [4.69, 9.17) is 16.3 Å². The van der Waals surface area contributed by atoms with Crippen molar-refractivity contribution in [1.82, 2.24) is 10.6 Å². The van der Waals surface area contributed by atoms with E-state index in [1.165, 1.54) is 6.42 Å². The van der Waals surface area contributed by atoms with Crippen LogP contribution in [0.15, 0.2) is 23.2 Å². The Bertz CT molecular complexity index is 686. The van der Waals surface area contributed by atoms with Crippen molar-refractivity contribution in [1.29, 1.82) is 0 Å². The van der Waals surface area contributed by atoms with E-state index < -0.39 is 0 Å². The number of nitrogens with one attached hydrogen (secondary N) is 3. The third-order valence-electron chi connectivity index (χ3n) is 4.92. The van der Waals surface area contributed by atoms with Gasteiger partial charge >= 0.3 is 0 Å². The average Bonchev–Trinajstić information content (AvgIpc) is 3.22. The SMILES string of the molecule is CCNC(=NCCC(=O)Nc1cccc(Cl)c1C)NC1CC2CCC1O2.I. The second kappa shape index (κ2) is 10.5. The van der Waals surface area contributed by atoms with Gasteiger partial charge in [-0.15, -0.1) is 24.0 Å². The molecule has 3 N–H and O–H groups in total. The van der Waals surface area contributed by atoms with Crippen molar-refractivity contribution >= 4 is 53.1 Å². The number of benzene rings is 1. The summed E-state index contributed by atoms with van der Waals surface area (Å²) in [5.41, 5.74) is 1.62. The summed E-state index contributed by atoms with van der Waals surface area (Å²) in [6.45, 7) is 5.12. The van der Waals surface area contributed by atoms with E-state index in [-0.39, 0.29) is 36.0 Å². The number of fused-ring (bicyclic) bond motifs is 2. The highest BCUT2D eigenvalue weighted by molar-refractivity contribution is 14.0. The summed E-state index contributed by atoms with van der Waals surface area (Å²) in [6, 6.07) is 5.80. The average molecular weight is 507 g/mol. The number of ether oxygens (including phenoxy) is 1. The van der Waals surface area contributed by atoms with Crippen LogP contribution in [-0.2, 0) is 9.53 Å². The fourth-order valence-corrected chi connectivity index (χ4v) is 3.68. The van der Waals surface area contributed by atoms with E-state index in [0.717, 1.165) is 36.6 Å². The molecule has 2 fully saturated rings. The Hall–Kier alpha value is -1.06. The van der Waals surface area contributed by atoms with Crippen molar-refractivity contribution in [3.05, 3.63) is 28.8 Å². The molecule has 27 heavy (non-hydrogen) atoms. The highest BCUT2D eigenvalue weighted by Crippen LogP contribution is 2.34. The maximum absolute atomic E-state index is 12.2. The molecule has 2 bridgehead atoms. The van der Waals surface area contributed by atoms with Crippen molar-refractivity contribution in [3.8, 4) is 0 Å². The first-order valence-corrected chi connectivity index (χ1v) is 9.70. The van der Waals surface area contributed by atoms with Gasteiger partial charge in [0.05, 0.1) is 24.8 Å². The first kappa shape index (κ1) is 22.2. The van der Waals surface area contributed by atoms with Crippen molar-refractivity contribution in [2.24, 2.45) is 4.99 Å². The molecule has 1 amide bonds. The number of carbonyl (C=O) groups is 1. The van der Waals surface area contributed by atoms with Crippen LogP contribution >= 0.6 is 35.6 Å². The van der Waals surface area contributed by atoms with Gasteiger partial charge in [-0.3, -0.25) is 9.79 Å². The number of hydrogen-bond acceptors (Lipinski definition) is 3. The highest BCUT2D eigenvalue weighted by atomic mass is 127. The minimum absolute atomic E-state index is 0. The fraction of sp³-hybridized carbons (Fsp3) is 0.579. The van der Waals surface area contributed by atoms with Crippen LogP contribution in [0.4, 0.5) is 5.69 Å². The van der Waals surface area contributed by atoms with Gasteiger partial charge in [0.1, 0.15) is 0 Å². The molecule has 3 atom stereocenters. The van der Waals surface area contributed by atoms with Gasteiger partial charge < -0.3 is 20.7 Å². The second-order valence-electron chi connectivity index (χ2n) is 6.83. The third-order valence-corrected chi connectivity index (χ3v) is 5.33. The monoisotopic (exact) mass is 506 g/mol. The van der Waals surface area contributed by atoms with Crippen LogP contribution in [0.2, 0.25) is 5.02 Å². The van der Waals surface area contributed by atoms with Gasteiger partial charge in [-0.25, -0.2) is 0 Å². The zero-order valence-electron chi connectivity index (χ0n) is 15.8. The van der Waals surface area contributed by atoms with Crippen molar-refractivity contribution < 1.29 is 9.53 Å². The number of guanidine groups is 1. The van der Waals surface area contributed by atoms with Crippen molar-refractivity contribution in [2.45, 2.75) is 57.8 Å². The lowest BCUT2D eigenvalue weighted by Crippen LogP contribution is -2.47. The number of halogens is 2. The Kier molecular flexibility index (Phi) is 8.62. The summed E-state index contributed by atoms with van der Waals surface area (Å²) in [5, 5.41) is 10.2. The molecule has 3 rings (SSSR count). The number of aliphatic imine (C=N–C) groups is 1. The maximum atomic E-state index is 12.2. The largest absolute Gasteiger partial charge is 0.373 e. The lowest BCUT2D eigenvalue weighted by atomic mass is 9.96. The van der Waals surface area contributed by atoms with E-state index in [1.54, 1.807) is 0 Å². The lowest BCUT2D eigenvalue weighted by Gasteiger charge is -2.22. The Balaban J connectivity index is 0.00000261. The predicted octanol–water partition coefficient (Wildman–Crippen LogP) is 3.47. The van der Waals surface area contributed by atoms with Crippen LogP contribution in [-0.4, -0.2) is 43.2 Å². The van der Waals surface area contributed by atoms with Crippen molar-refractivity contribution in [2.75, 3.05) is 18.4 Å². The Labute approximate surface area is 182 Å².